The Bertz CT molecular complexity index is 295. The Hall–Kier alpha value is -0.570. The van der Waals surface area contributed by atoms with Crippen molar-refractivity contribution in [3.8, 4) is 0 Å². The number of nitrogen functional groups attached to an aromatic ring is 1. The number of hydrogen-bond donors (Lipinski definition) is 1. The highest BCUT2D eigenvalue weighted by atomic mass is 79.9. The second kappa shape index (κ2) is 3.05. The Morgan fingerprint density at radius 2 is 2.25 bits per heavy atom. The first-order chi connectivity index (χ1) is 5.75. The van der Waals surface area contributed by atoms with Gasteiger partial charge in [0.15, 0.2) is 0 Å². The highest BCUT2D eigenvalue weighted by Crippen LogP contribution is 2.34. The van der Waals surface area contributed by atoms with Gasteiger partial charge in [0.2, 0.25) is 0 Å². The Morgan fingerprint density at radius 3 is 2.92 bits per heavy atom. The molecule has 0 spiro atoms. The lowest BCUT2D eigenvalue weighted by Gasteiger charge is -2.02. The van der Waals surface area contributed by atoms with Crippen LogP contribution < -0.4 is 5.73 Å². The number of halogens is 1. The molecule has 1 aromatic heterocycles. The number of hydrogen-bond acceptors (Lipinski definition) is 2. The molecule has 2 nitrogen and oxygen atoms in total. The van der Waals surface area contributed by atoms with Crippen LogP contribution in [-0.4, -0.2) is 4.98 Å². The molecule has 1 saturated carbocycles. The molecule has 0 unspecified atom stereocenters. The fourth-order valence-electron chi connectivity index (χ4n) is 1.24. The summed E-state index contributed by atoms with van der Waals surface area (Å²) in [6, 6.07) is 3.79. The molecule has 0 amide bonds. The van der Waals surface area contributed by atoms with Crippen molar-refractivity contribution in [2.45, 2.75) is 19.3 Å². The summed E-state index contributed by atoms with van der Waals surface area (Å²) in [5.74, 6) is 1.48. The van der Waals surface area contributed by atoms with Gasteiger partial charge in [-0.05, 0) is 53.2 Å². The lowest BCUT2D eigenvalue weighted by atomic mass is 10.2. The number of pyridine rings is 1. The van der Waals surface area contributed by atoms with Crippen molar-refractivity contribution in [2.75, 3.05) is 5.73 Å². The molecule has 1 aliphatic carbocycles. The number of aromatic nitrogens is 1. The average molecular weight is 227 g/mol. The molecule has 0 bridgehead atoms. The van der Waals surface area contributed by atoms with E-state index in [2.05, 4.69) is 20.9 Å². The molecule has 0 aliphatic heterocycles. The van der Waals surface area contributed by atoms with Crippen LogP contribution in [0.1, 0.15) is 18.5 Å². The number of nitrogens with two attached hydrogens (primary N) is 1. The van der Waals surface area contributed by atoms with Gasteiger partial charge in [-0.25, -0.2) is 4.98 Å². The fourth-order valence-corrected chi connectivity index (χ4v) is 1.62. The first-order valence-corrected chi connectivity index (χ1v) is 4.96. The molecule has 1 fully saturated rings. The van der Waals surface area contributed by atoms with Gasteiger partial charge in [0, 0.05) is 4.47 Å². The smallest absolute Gasteiger partial charge is 0.123 e. The van der Waals surface area contributed by atoms with Gasteiger partial charge in [0.1, 0.15) is 5.82 Å². The van der Waals surface area contributed by atoms with Gasteiger partial charge in [-0.2, -0.15) is 0 Å². The monoisotopic (exact) mass is 226 g/mol. The number of nitrogens with zero attached hydrogens (tertiary/aromatic N) is 1. The van der Waals surface area contributed by atoms with E-state index in [1.54, 1.807) is 0 Å². The maximum absolute atomic E-state index is 5.59. The second-order valence-electron chi connectivity index (χ2n) is 3.31. The quantitative estimate of drug-likeness (QED) is 0.842. The highest BCUT2D eigenvalue weighted by Gasteiger charge is 2.23. The normalized spacial score (nSPS) is 16.4. The van der Waals surface area contributed by atoms with Crippen LogP contribution in [0.25, 0.3) is 0 Å². The lowest BCUT2D eigenvalue weighted by molar-refractivity contribution is 0.801. The van der Waals surface area contributed by atoms with Crippen molar-refractivity contribution >= 4 is 21.7 Å². The van der Waals surface area contributed by atoms with E-state index >= 15 is 0 Å². The van der Waals surface area contributed by atoms with Crippen LogP contribution in [0.5, 0.6) is 0 Å². The van der Waals surface area contributed by atoms with Gasteiger partial charge in [-0.3, -0.25) is 0 Å². The van der Waals surface area contributed by atoms with Gasteiger partial charge in [-0.1, -0.05) is 0 Å². The fraction of sp³-hybridized carbons (Fsp3) is 0.444. The zero-order valence-electron chi connectivity index (χ0n) is 6.76. The molecule has 0 radical (unpaired) electrons. The predicted octanol–water partition coefficient (Wildman–Crippen LogP) is 2.38. The first kappa shape index (κ1) is 8.05. The maximum Gasteiger partial charge on any atom is 0.123 e. The molecule has 2 rings (SSSR count). The summed E-state index contributed by atoms with van der Waals surface area (Å²) >= 11 is 3.47. The Balaban J connectivity index is 2.21. The Kier molecular flexibility index (Phi) is 2.05. The Morgan fingerprint density at radius 1 is 1.50 bits per heavy atom. The zero-order valence-corrected chi connectivity index (χ0v) is 8.34. The molecular weight excluding hydrogens is 216 g/mol. The summed E-state index contributed by atoms with van der Waals surface area (Å²) in [4.78, 5) is 4.28. The van der Waals surface area contributed by atoms with Crippen LogP contribution in [0, 0.1) is 5.92 Å². The molecule has 0 aromatic carbocycles. The van der Waals surface area contributed by atoms with Crippen molar-refractivity contribution in [1.29, 1.82) is 0 Å². The van der Waals surface area contributed by atoms with E-state index in [-0.39, 0.29) is 0 Å². The molecule has 64 valence electrons. The molecular formula is C9H11BrN2. The minimum absolute atomic E-state index is 0.619. The van der Waals surface area contributed by atoms with Crippen molar-refractivity contribution < 1.29 is 0 Å². The van der Waals surface area contributed by atoms with Gasteiger partial charge < -0.3 is 5.73 Å². The van der Waals surface area contributed by atoms with E-state index < -0.39 is 0 Å². The van der Waals surface area contributed by atoms with Crippen molar-refractivity contribution in [3.63, 3.8) is 0 Å². The molecule has 3 heteroatoms. The molecule has 12 heavy (non-hydrogen) atoms. The molecule has 0 atom stereocenters. The minimum atomic E-state index is 0.619. The zero-order chi connectivity index (χ0) is 8.55. The van der Waals surface area contributed by atoms with E-state index in [1.807, 2.05) is 12.1 Å². The molecule has 1 heterocycles. The van der Waals surface area contributed by atoms with Crippen LogP contribution in [0.2, 0.25) is 0 Å². The molecule has 1 aromatic rings. The maximum atomic E-state index is 5.59. The summed E-state index contributed by atoms with van der Waals surface area (Å²) in [6.07, 6.45) is 3.78. The number of rotatable bonds is 2. The summed E-state index contributed by atoms with van der Waals surface area (Å²) < 4.78 is 1.09. The van der Waals surface area contributed by atoms with E-state index in [1.165, 1.54) is 12.8 Å². The first-order valence-electron chi connectivity index (χ1n) is 4.16. The van der Waals surface area contributed by atoms with Crippen LogP contribution in [0.15, 0.2) is 16.6 Å². The molecule has 2 N–H and O–H groups in total. The average Bonchev–Trinajstić information content (AvgIpc) is 2.81. The van der Waals surface area contributed by atoms with E-state index in [0.29, 0.717) is 5.82 Å². The largest absolute Gasteiger partial charge is 0.384 e. The predicted molar refractivity (Wildman–Crippen MR) is 52.8 cm³/mol. The molecule has 1 aliphatic rings. The highest BCUT2D eigenvalue weighted by molar-refractivity contribution is 9.10. The van der Waals surface area contributed by atoms with Gasteiger partial charge in [0.25, 0.3) is 0 Å². The van der Waals surface area contributed by atoms with Crippen molar-refractivity contribution in [3.05, 3.63) is 22.3 Å². The minimum Gasteiger partial charge on any atom is -0.384 e. The SMILES string of the molecule is Nc1ccc(Br)c(CC2CC2)n1. The van der Waals surface area contributed by atoms with Crippen LogP contribution in [-0.2, 0) is 6.42 Å². The topological polar surface area (TPSA) is 38.9 Å². The third-order valence-corrected chi connectivity index (χ3v) is 2.84. The van der Waals surface area contributed by atoms with E-state index in [4.69, 9.17) is 5.73 Å². The van der Waals surface area contributed by atoms with Crippen LogP contribution in [0.4, 0.5) is 5.82 Å². The molecule has 0 saturated heterocycles. The van der Waals surface area contributed by atoms with Crippen LogP contribution >= 0.6 is 15.9 Å². The third kappa shape index (κ3) is 1.78. The summed E-state index contributed by atoms with van der Waals surface area (Å²) in [5, 5.41) is 0. The standard InChI is InChI=1S/C9H11BrN2/c10-7-3-4-9(11)12-8(7)5-6-1-2-6/h3-4,6H,1-2,5H2,(H2,11,12). The number of anilines is 1. The van der Waals surface area contributed by atoms with Crippen molar-refractivity contribution in [1.82, 2.24) is 4.98 Å². The summed E-state index contributed by atoms with van der Waals surface area (Å²) in [7, 11) is 0. The second-order valence-corrected chi connectivity index (χ2v) is 4.17. The third-order valence-electron chi connectivity index (χ3n) is 2.12. The van der Waals surface area contributed by atoms with Gasteiger partial charge in [0.05, 0.1) is 5.69 Å². The van der Waals surface area contributed by atoms with Gasteiger partial charge in [-0.15, -0.1) is 0 Å². The van der Waals surface area contributed by atoms with E-state index in [0.717, 1.165) is 22.5 Å². The summed E-state index contributed by atoms with van der Waals surface area (Å²) in [6.45, 7) is 0. The van der Waals surface area contributed by atoms with Crippen molar-refractivity contribution in [2.24, 2.45) is 5.92 Å². The van der Waals surface area contributed by atoms with Crippen LogP contribution in [0.3, 0.4) is 0 Å². The lowest BCUT2D eigenvalue weighted by Crippen LogP contribution is -1.97. The Labute approximate surface area is 80.3 Å². The van der Waals surface area contributed by atoms with Gasteiger partial charge >= 0.3 is 0 Å². The van der Waals surface area contributed by atoms with E-state index in [9.17, 15) is 0 Å². The summed E-state index contributed by atoms with van der Waals surface area (Å²) in [5.41, 5.74) is 6.70.